The Morgan fingerprint density at radius 3 is 1.93 bits per heavy atom. The smallest absolute Gasteiger partial charge is 0.329 e. The van der Waals surface area contributed by atoms with E-state index in [2.05, 4.69) is 16.0 Å². The molecule has 0 saturated carbocycles. The van der Waals surface area contributed by atoms with Gasteiger partial charge in [0, 0.05) is 25.2 Å². The molecular formula is C30H46N3O11P. The minimum atomic E-state index is -3.86. The van der Waals surface area contributed by atoms with Crippen molar-refractivity contribution in [1.29, 1.82) is 0 Å². The maximum absolute atomic E-state index is 13.3. The van der Waals surface area contributed by atoms with Gasteiger partial charge in [-0.05, 0) is 45.1 Å². The predicted octanol–water partition coefficient (Wildman–Crippen LogP) is 1.93. The van der Waals surface area contributed by atoms with E-state index in [9.17, 15) is 48.4 Å². The van der Waals surface area contributed by atoms with Crippen LogP contribution in [0.3, 0.4) is 0 Å². The number of carbonyl (C=O) groups is 6. The molecule has 1 aromatic rings. The molecule has 1 aromatic carbocycles. The molecule has 0 heterocycles. The first-order valence-corrected chi connectivity index (χ1v) is 16.8. The summed E-state index contributed by atoms with van der Waals surface area (Å²) in [7, 11) is -3.86. The van der Waals surface area contributed by atoms with Crippen LogP contribution in [0.15, 0.2) is 30.3 Å². The zero-order valence-electron chi connectivity index (χ0n) is 26.4. The summed E-state index contributed by atoms with van der Waals surface area (Å²) in [4.78, 5) is 85.1. The van der Waals surface area contributed by atoms with Gasteiger partial charge in [-0.25, -0.2) is 4.79 Å². The molecule has 14 nitrogen and oxygen atoms in total. The minimum absolute atomic E-state index is 0.0566. The number of ether oxygens (including phenoxy) is 1. The summed E-state index contributed by atoms with van der Waals surface area (Å²) in [5, 5.41) is 25.7. The monoisotopic (exact) mass is 655 g/mol. The van der Waals surface area contributed by atoms with E-state index < -0.39 is 92.1 Å². The number of amides is 3. The van der Waals surface area contributed by atoms with Crippen molar-refractivity contribution in [3.8, 4) is 0 Å². The topological polar surface area (TPSA) is 225 Å². The zero-order valence-corrected chi connectivity index (χ0v) is 27.2. The number of aliphatic carboxylic acids is 2. The first-order chi connectivity index (χ1) is 20.9. The molecule has 45 heavy (non-hydrogen) atoms. The van der Waals surface area contributed by atoms with Crippen molar-refractivity contribution in [1.82, 2.24) is 16.0 Å². The van der Waals surface area contributed by atoms with Crippen LogP contribution in [0.5, 0.6) is 0 Å². The van der Waals surface area contributed by atoms with Crippen molar-refractivity contribution in [2.45, 2.75) is 91.0 Å². The second-order valence-corrected chi connectivity index (χ2v) is 14.2. The highest BCUT2D eigenvalue weighted by molar-refractivity contribution is 7.58. The number of nitrogens with one attached hydrogen (secondary N) is 3. The Balaban J connectivity index is 3.07. The van der Waals surface area contributed by atoms with Crippen molar-refractivity contribution in [2.75, 3.05) is 12.3 Å². The van der Waals surface area contributed by atoms with E-state index in [1.54, 1.807) is 44.2 Å². The van der Waals surface area contributed by atoms with E-state index in [1.807, 2.05) is 13.8 Å². The molecular weight excluding hydrogens is 609 g/mol. The Morgan fingerprint density at radius 1 is 0.800 bits per heavy atom. The van der Waals surface area contributed by atoms with Crippen LogP contribution in [-0.4, -0.2) is 87.3 Å². The van der Waals surface area contributed by atoms with Gasteiger partial charge in [0.15, 0.2) is 0 Å². The van der Waals surface area contributed by atoms with Crippen LogP contribution >= 0.6 is 7.37 Å². The fourth-order valence-electron chi connectivity index (χ4n) is 4.21. The maximum Gasteiger partial charge on any atom is 0.329 e. The second kappa shape index (κ2) is 18.9. The van der Waals surface area contributed by atoms with Crippen LogP contribution in [-0.2, 0) is 44.5 Å². The summed E-state index contributed by atoms with van der Waals surface area (Å²) in [5.74, 6) is -7.35. The molecule has 0 spiro atoms. The third kappa shape index (κ3) is 16.2. The van der Waals surface area contributed by atoms with Crippen molar-refractivity contribution in [2.24, 2.45) is 11.8 Å². The SMILES string of the molecule is CC(C)CCP(=O)(O)CC(CC(=O)O)C(=O)NC(C)C(=O)NC(CCC(=O)O)C(=O)NC(Cc1ccccc1)C(=O)OC(C)C. The Labute approximate surface area is 263 Å². The van der Waals surface area contributed by atoms with Crippen LogP contribution in [0.2, 0.25) is 0 Å². The van der Waals surface area contributed by atoms with Crippen molar-refractivity contribution in [3.63, 3.8) is 0 Å². The molecule has 15 heteroatoms. The highest BCUT2D eigenvalue weighted by Gasteiger charge is 2.34. The largest absolute Gasteiger partial charge is 0.481 e. The van der Waals surface area contributed by atoms with Crippen LogP contribution in [0, 0.1) is 11.8 Å². The van der Waals surface area contributed by atoms with Gasteiger partial charge in [0.25, 0.3) is 0 Å². The number of rotatable bonds is 20. The van der Waals surface area contributed by atoms with Crippen molar-refractivity contribution in [3.05, 3.63) is 35.9 Å². The third-order valence-electron chi connectivity index (χ3n) is 6.62. The maximum atomic E-state index is 13.3. The molecule has 0 bridgehead atoms. The van der Waals surface area contributed by atoms with Gasteiger partial charge < -0.3 is 35.8 Å². The molecule has 5 unspecified atom stereocenters. The Morgan fingerprint density at radius 2 is 1.40 bits per heavy atom. The standard InChI is InChI=1S/C30H46N3O11P/c1-18(2)13-14-45(42,43)17-22(16-26(36)37)28(39)31-20(5)27(38)32-23(11-12-25(34)35)29(40)33-24(30(41)44-19(3)4)15-21-9-7-6-8-10-21/h6-10,18-20,22-24H,11-17H2,1-5H3,(H,31,39)(H,32,38)(H,33,40)(H,34,35)(H,36,37)(H,42,43). The summed E-state index contributed by atoms with van der Waals surface area (Å²) in [6.45, 7) is 8.24. The van der Waals surface area contributed by atoms with Gasteiger partial charge in [-0.15, -0.1) is 0 Å². The second-order valence-electron chi connectivity index (χ2n) is 11.7. The Bertz CT molecular complexity index is 1220. The quantitative estimate of drug-likeness (QED) is 0.0879. The number of carboxylic acids is 2. The summed E-state index contributed by atoms with van der Waals surface area (Å²) < 4.78 is 17.9. The van der Waals surface area contributed by atoms with Gasteiger partial charge in [0.05, 0.1) is 18.4 Å². The average molecular weight is 656 g/mol. The van der Waals surface area contributed by atoms with Crippen LogP contribution in [0.25, 0.3) is 0 Å². The Hall–Kier alpha value is -3.77. The third-order valence-corrected chi connectivity index (χ3v) is 8.59. The van der Waals surface area contributed by atoms with Gasteiger partial charge in [-0.3, -0.25) is 28.5 Å². The van der Waals surface area contributed by atoms with Crippen LogP contribution in [0.4, 0.5) is 0 Å². The molecule has 0 aliphatic heterocycles. The summed E-state index contributed by atoms with van der Waals surface area (Å²) >= 11 is 0. The number of esters is 1. The van der Waals surface area contributed by atoms with Gasteiger partial charge >= 0.3 is 17.9 Å². The van der Waals surface area contributed by atoms with Crippen molar-refractivity contribution >= 4 is 43.0 Å². The lowest BCUT2D eigenvalue weighted by atomic mass is 10.0. The molecule has 0 saturated heterocycles. The highest BCUT2D eigenvalue weighted by atomic mass is 31.2. The van der Waals surface area contributed by atoms with Gasteiger partial charge in [-0.2, -0.15) is 0 Å². The first kappa shape index (κ1) is 39.3. The fraction of sp³-hybridized carbons (Fsp3) is 0.600. The van der Waals surface area contributed by atoms with E-state index in [0.717, 1.165) is 0 Å². The molecule has 0 fully saturated rings. The number of carbonyl (C=O) groups excluding carboxylic acids is 4. The van der Waals surface area contributed by atoms with Gasteiger partial charge in [0.1, 0.15) is 18.1 Å². The molecule has 6 N–H and O–H groups in total. The van der Waals surface area contributed by atoms with Crippen molar-refractivity contribution < 1.29 is 53.2 Å². The van der Waals surface area contributed by atoms with Gasteiger partial charge in [0.2, 0.25) is 25.1 Å². The lowest BCUT2D eigenvalue weighted by Gasteiger charge is -2.25. The lowest BCUT2D eigenvalue weighted by molar-refractivity contribution is -0.151. The normalized spacial score (nSPS) is 15.2. The summed E-state index contributed by atoms with van der Waals surface area (Å²) in [6, 6.07) is 4.83. The number of benzene rings is 1. The van der Waals surface area contributed by atoms with E-state index in [0.29, 0.717) is 12.0 Å². The Kier molecular flexibility index (Phi) is 16.5. The molecule has 0 radical (unpaired) electrons. The fourth-order valence-corrected chi connectivity index (χ4v) is 6.29. The highest BCUT2D eigenvalue weighted by Crippen LogP contribution is 2.44. The molecule has 3 amide bonds. The molecule has 5 atom stereocenters. The summed E-state index contributed by atoms with van der Waals surface area (Å²) in [6.07, 6.45) is -2.33. The molecule has 0 aromatic heterocycles. The number of hydrogen-bond donors (Lipinski definition) is 6. The van der Waals surface area contributed by atoms with Crippen LogP contribution < -0.4 is 16.0 Å². The van der Waals surface area contributed by atoms with Gasteiger partial charge in [-0.1, -0.05) is 44.2 Å². The number of carboxylic acid groups (broad SMARTS) is 2. The minimum Gasteiger partial charge on any atom is -0.481 e. The van der Waals surface area contributed by atoms with Crippen LogP contribution in [0.1, 0.15) is 65.9 Å². The number of hydrogen-bond acceptors (Lipinski definition) is 8. The summed E-state index contributed by atoms with van der Waals surface area (Å²) in [5.41, 5.74) is 0.707. The molecule has 252 valence electrons. The molecule has 0 aliphatic rings. The first-order valence-electron chi connectivity index (χ1n) is 14.8. The average Bonchev–Trinajstić information content (AvgIpc) is 2.92. The predicted molar refractivity (Wildman–Crippen MR) is 164 cm³/mol. The molecule has 0 aliphatic carbocycles. The van der Waals surface area contributed by atoms with E-state index in [1.165, 1.54) is 6.92 Å². The molecule has 1 rings (SSSR count). The van der Waals surface area contributed by atoms with E-state index in [4.69, 9.17) is 4.74 Å². The van der Waals surface area contributed by atoms with E-state index in [-0.39, 0.29) is 24.9 Å². The lowest BCUT2D eigenvalue weighted by Crippen LogP contribution is -2.56. The van der Waals surface area contributed by atoms with E-state index >= 15 is 0 Å². The zero-order chi connectivity index (χ0) is 34.3.